The summed E-state index contributed by atoms with van der Waals surface area (Å²) in [6.45, 7) is 6.83. The molecule has 220 valence electrons. The van der Waals surface area contributed by atoms with Gasteiger partial charge in [-0.1, -0.05) is 46.8 Å². The lowest BCUT2D eigenvalue weighted by molar-refractivity contribution is -0.384. The van der Waals surface area contributed by atoms with E-state index in [1.165, 1.54) is 34.9 Å². The van der Waals surface area contributed by atoms with Gasteiger partial charge in [-0.25, -0.2) is 14.8 Å². The molecule has 2 aromatic heterocycles. The first-order chi connectivity index (χ1) is 20.4. The van der Waals surface area contributed by atoms with Gasteiger partial charge in [0, 0.05) is 33.8 Å². The molecule has 0 aliphatic carbocycles. The van der Waals surface area contributed by atoms with E-state index >= 15 is 0 Å². The molecule has 3 heterocycles. The number of benzene rings is 2. The van der Waals surface area contributed by atoms with Gasteiger partial charge in [-0.05, 0) is 63.1 Å². The third-order valence-corrected chi connectivity index (χ3v) is 8.53. The fraction of sp³-hybridized carbons (Fsp3) is 0.207. The number of esters is 1. The van der Waals surface area contributed by atoms with Crippen molar-refractivity contribution < 1.29 is 14.5 Å². The summed E-state index contributed by atoms with van der Waals surface area (Å²) in [7, 11) is 0. The van der Waals surface area contributed by atoms with Crippen molar-refractivity contribution in [3.05, 3.63) is 122 Å². The van der Waals surface area contributed by atoms with Crippen LogP contribution in [-0.4, -0.2) is 31.5 Å². The van der Waals surface area contributed by atoms with Crippen molar-refractivity contribution in [3.8, 4) is 0 Å². The predicted molar refractivity (Wildman–Crippen MR) is 163 cm³/mol. The molecule has 14 heteroatoms. The van der Waals surface area contributed by atoms with Gasteiger partial charge in [-0.2, -0.15) is 0 Å². The van der Waals surface area contributed by atoms with Crippen molar-refractivity contribution >= 4 is 52.4 Å². The van der Waals surface area contributed by atoms with Crippen LogP contribution >= 0.6 is 34.7 Å². The van der Waals surface area contributed by atoms with Crippen LogP contribution in [-0.2, 0) is 9.53 Å². The van der Waals surface area contributed by atoms with Crippen LogP contribution in [0.25, 0.3) is 6.08 Å². The molecule has 1 aliphatic heterocycles. The number of nitrogens with one attached hydrogen (secondary N) is 1. The summed E-state index contributed by atoms with van der Waals surface area (Å²) >= 11 is 8.32. The summed E-state index contributed by atoms with van der Waals surface area (Å²) < 4.78 is 7.17. The molecule has 5 rings (SSSR count). The highest BCUT2D eigenvalue weighted by atomic mass is 35.5. The summed E-state index contributed by atoms with van der Waals surface area (Å²) in [4.78, 5) is 62.8. The van der Waals surface area contributed by atoms with Gasteiger partial charge in [-0.15, -0.1) is 0 Å². The van der Waals surface area contributed by atoms with Gasteiger partial charge in [-0.3, -0.25) is 24.3 Å². The summed E-state index contributed by atoms with van der Waals surface area (Å²) in [5, 5.41) is 12.4. The zero-order chi connectivity index (χ0) is 31.0. The molecule has 4 aromatic rings. The molecular formula is C29H24ClN5O6S2. The highest BCUT2D eigenvalue weighted by molar-refractivity contribution is 7.99. The second kappa shape index (κ2) is 12.1. The molecule has 1 N–H and O–H groups in total. The summed E-state index contributed by atoms with van der Waals surface area (Å²) in [5.74, 6) is -0.595. The van der Waals surface area contributed by atoms with Gasteiger partial charge in [0.05, 0.1) is 32.9 Å². The number of rotatable bonds is 7. The van der Waals surface area contributed by atoms with Crippen LogP contribution in [0.3, 0.4) is 0 Å². The van der Waals surface area contributed by atoms with E-state index in [1.807, 2.05) is 0 Å². The van der Waals surface area contributed by atoms with Gasteiger partial charge in [0.2, 0.25) is 0 Å². The van der Waals surface area contributed by atoms with Crippen molar-refractivity contribution in [2.75, 3.05) is 0 Å². The molecule has 0 bridgehead atoms. The van der Waals surface area contributed by atoms with Crippen molar-refractivity contribution in [3.63, 3.8) is 0 Å². The second-order valence-corrected chi connectivity index (χ2v) is 12.3. The van der Waals surface area contributed by atoms with E-state index in [-0.39, 0.29) is 21.4 Å². The van der Waals surface area contributed by atoms with Crippen molar-refractivity contribution in [1.29, 1.82) is 0 Å². The van der Waals surface area contributed by atoms with E-state index in [9.17, 15) is 24.5 Å². The van der Waals surface area contributed by atoms with Crippen molar-refractivity contribution in [2.45, 2.75) is 49.9 Å². The van der Waals surface area contributed by atoms with Crippen LogP contribution in [0.5, 0.6) is 0 Å². The number of nitro benzene ring substituents is 1. The molecule has 0 amide bonds. The number of aromatic nitrogens is 3. The standard InChI is InChI=1S/C29H24ClN5O6S2/c1-14(2)41-27(38)24-16(4)32-29-34(25(24)17-5-7-19(30)8-6-17)26(37)22(43-29)13-18-12-20(35(39)40)9-10-21(18)42-28-31-15(3)11-23(36)33-28/h5-14,25H,1-4H3,(H,31,33,36)/b22-13+/t25-/m0/s1. The minimum absolute atomic E-state index is 0.178. The first-order valence-electron chi connectivity index (χ1n) is 12.9. The lowest BCUT2D eigenvalue weighted by Gasteiger charge is -2.25. The van der Waals surface area contributed by atoms with Crippen molar-refractivity contribution in [2.24, 2.45) is 4.99 Å². The van der Waals surface area contributed by atoms with Crippen LogP contribution in [0.15, 0.2) is 84.4 Å². The molecule has 2 aromatic carbocycles. The molecule has 0 radical (unpaired) electrons. The average Bonchev–Trinajstić information content (AvgIpc) is 3.22. The number of carbonyl (C=O) groups is 1. The van der Waals surface area contributed by atoms with E-state index in [4.69, 9.17) is 16.3 Å². The zero-order valence-corrected chi connectivity index (χ0v) is 25.7. The topological polar surface area (TPSA) is 150 Å². The highest BCUT2D eigenvalue weighted by Crippen LogP contribution is 2.33. The number of non-ortho nitro benzene ring substituents is 1. The Labute approximate surface area is 257 Å². The van der Waals surface area contributed by atoms with E-state index in [0.717, 1.165) is 23.1 Å². The maximum Gasteiger partial charge on any atom is 0.338 e. The maximum atomic E-state index is 14.0. The number of fused-ring (bicyclic) bond motifs is 1. The number of hydrogen-bond acceptors (Lipinski definition) is 10. The Bertz CT molecular complexity index is 2050. The maximum absolute atomic E-state index is 14.0. The Kier molecular flexibility index (Phi) is 8.49. The van der Waals surface area contributed by atoms with Gasteiger partial charge < -0.3 is 9.72 Å². The number of aryl methyl sites for hydroxylation is 1. The Balaban J connectivity index is 1.70. The van der Waals surface area contributed by atoms with E-state index in [1.54, 1.807) is 52.0 Å². The summed E-state index contributed by atoms with van der Waals surface area (Å²) in [5.41, 5.74) is 1.16. The Hall–Kier alpha value is -4.33. The largest absolute Gasteiger partial charge is 0.459 e. The molecule has 43 heavy (non-hydrogen) atoms. The van der Waals surface area contributed by atoms with Gasteiger partial charge >= 0.3 is 5.97 Å². The van der Waals surface area contributed by atoms with Gasteiger partial charge in [0.15, 0.2) is 9.96 Å². The fourth-order valence-electron chi connectivity index (χ4n) is 4.52. The SMILES string of the molecule is CC1=C(C(=O)OC(C)C)[C@H](c2ccc(Cl)cc2)n2c(s/c(=C/c3cc([N+](=O)[O-])ccc3Sc3nc(C)cc(=O)[nH]3)c2=O)=N1. The summed E-state index contributed by atoms with van der Waals surface area (Å²) in [6, 6.07) is 11.5. The quantitative estimate of drug-likeness (QED) is 0.136. The van der Waals surface area contributed by atoms with Crippen molar-refractivity contribution in [1.82, 2.24) is 14.5 Å². The van der Waals surface area contributed by atoms with Gasteiger partial charge in [0.25, 0.3) is 16.8 Å². The minimum Gasteiger partial charge on any atom is -0.459 e. The first kappa shape index (κ1) is 30.1. The average molecular weight is 638 g/mol. The zero-order valence-electron chi connectivity index (χ0n) is 23.3. The Morgan fingerprint density at radius 3 is 2.56 bits per heavy atom. The number of carbonyl (C=O) groups excluding carboxylic acids is 1. The number of H-pyrrole nitrogens is 1. The molecule has 0 saturated carbocycles. The number of hydrogen-bond donors (Lipinski definition) is 1. The molecule has 1 atom stereocenters. The number of aromatic amines is 1. The fourth-order valence-corrected chi connectivity index (χ4v) is 6.61. The van der Waals surface area contributed by atoms with E-state index in [0.29, 0.717) is 42.4 Å². The summed E-state index contributed by atoms with van der Waals surface area (Å²) in [6.07, 6.45) is 1.14. The number of thiazole rings is 1. The van der Waals surface area contributed by atoms with E-state index < -0.39 is 28.6 Å². The number of halogens is 1. The Morgan fingerprint density at radius 1 is 1.19 bits per heavy atom. The minimum atomic E-state index is -0.845. The molecule has 1 aliphatic rings. The van der Waals surface area contributed by atoms with Crippen LogP contribution in [0.1, 0.15) is 43.6 Å². The molecule has 0 fully saturated rings. The predicted octanol–water partition coefficient (Wildman–Crippen LogP) is 4.29. The monoisotopic (exact) mass is 637 g/mol. The lowest BCUT2D eigenvalue weighted by Crippen LogP contribution is -2.40. The number of nitro groups is 1. The van der Waals surface area contributed by atoms with Crippen LogP contribution in [0.2, 0.25) is 5.02 Å². The molecule has 11 nitrogen and oxygen atoms in total. The number of nitrogens with zero attached hydrogens (tertiary/aromatic N) is 4. The Morgan fingerprint density at radius 2 is 1.91 bits per heavy atom. The normalized spacial score (nSPS) is 14.9. The highest BCUT2D eigenvalue weighted by Gasteiger charge is 2.33. The molecule has 0 spiro atoms. The molecular weight excluding hydrogens is 614 g/mol. The third-order valence-electron chi connectivity index (χ3n) is 6.32. The molecule has 0 unspecified atom stereocenters. The number of allylic oxidation sites excluding steroid dienone is 1. The third kappa shape index (κ3) is 6.38. The molecule has 0 saturated heterocycles. The van der Waals surface area contributed by atoms with Crippen LogP contribution < -0.4 is 20.5 Å². The van der Waals surface area contributed by atoms with Gasteiger partial charge in [0.1, 0.15) is 0 Å². The van der Waals surface area contributed by atoms with Crippen LogP contribution in [0.4, 0.5) is 5.69 Å². The lowest BCUT2D eigenvalue weighted by atomic mass is 9.96. The first-order valence-corrected chi connectivity index (χ1v) is 15.0. The number of ether oxygens (including phenoxy) is 1. The van der Waals surface area contributed by atoms with Crippen LogP contribution in [0, 0.1) is 17.0 Å². The smallest absolute Gasteiger partial charge is 0.338 e. The van der Waals surface area contributed by atoms with E-state index in [2.05, 4.69) is 15.0 Å². The second-order valence-electron chi connectivity index (χ2n) is 9.86.